The van der Waals surface area contributed by atoms with Crippen LogP contribution in [0, 0.1) is 5.92 Å². The maximum absolute atomic E-state index is 12.5. The third kappa shape index (κ3) is 3.78. The molecule has 26 heavy (non-hydrogen) atoms. The topological polar surface area (TPSA) is 69.8 Å². The summed E-state index contributed by atoms with van der Waals surface area (Å²) in [6.45, 7) is 2.14. The Hall–Kier alpha value is -2.66. The molecule has 3 N–H and O–H groups in total. The van der Waals surface area contributed by atoms with Crippen molar-refractivity contribution in [1.29, 1.82) is 0 Å². The molecule has 1 aromatic heterocycles. The van der Waals surface area contributed by atoms with Crippen LogP contribution in [0.15, 0.2) is 48.5 Å². The molecule has 0 spiro atoms. The van der Waals surface area contributed by atoms with E-state index in [1.807, 2.05) is 48.5 Å². The summed E-state index contributed by atoms with van der Waals surface area (Å²) in [6.07, 6.45) is 3.87. The Morgan fingerprint density at radius 2 is 1.85 bits per heavy atom. The summed E-state index contributed by atoms with van der Waals surface area (Å²) in [5.74, 6) is 1.51. The number of hydrogen-bond donors (Lipinski definition) is 3. The molecule has 0 bridgehead atoms. The van der Waals surface area contributed by atoms with E-state index in [-0.39, 0.29) is 5.91 Å². The Morgan fingerprint density at radius 3 is 2.69 bits per heavy atom. The molecule has 1 aliphatic heterocycles. The Morgan fingerprint density at radius 1 is 1.08 bits per heavy atom. The summed E-state index contributed by atoms with van der Waals surface area (Å²) in [5, 5.41) is 6.45. The van der Waals surface area contributed by atoms with Gasteiger partial charge in [-0.15, -0.1) is 0 Å². The number of rotatable bonds is 5. The monoisotopic (exact) mass is 348 g/mol. The van der Waals surface area contributed by atoms with Crippen molar-refractivity contribution in [3.05, 3.63) is 48.5 Å². The standard InChI is InChI=1S/C21H24N4O/c26-20(10-9-15-11-13-22-14-12-15)23-17-6-2-1-5-16(17)21-24-18-7-3-4-8-19(18)25-21/h1-8,15,22H,9-14H2,(H,23,26)(H,24,25). The number of para-hydroxylation sites is 3. The zero-order valence-electron chi connectivity index (χ0n) is 14.8. The predicted octanol–water partition coefficient (Wildman–Crippen LogP) is 3.95. The van der Waals surface area contributed by atoms with Gasteiger partial charge in [-0.05, 0) is 62.5 Å². The highest BCUT2D eigenvalue weighted by atomic mass is 16.1. The van der Waals surface area contributed by atoms with Gasteiger partial charge in [-0.2, -0.15) is 0 Å². The van der Waals surface area contributed by atoms with Crippen molar-refractivity contribution in [3.8, 4) is 11.4 Å². The van der Waals surface area contributed by atoms with E-state index >= 15 is 0 Å². The Kier molecular flexibility index (Phi) is 4.97. The smallest absolute Gasteiger partial charge is 0.224 e. The van der Waals surface area contributed by atoms with Crippen molar-refractivity contribution < 1.29 is 4.79 Å². The average molecular weight is 348 g/mol. The van der Waals surface area contributed by atoms with Crippen molar-refractivity contribution >= 4 is 22.6 Å². The molecule has 0 radical (unpaired) electrons. The summed E-state index contributed by atoms with van der Waals surface area (Å²) in [7, 11) is 0. The lowest BCUT2D eigenvalue weighted by Crippen LogP contribution is -2.28. The van der Waals surface area contributed by atoms with E-state index in [0.717, 1.165) is 47.6 Å². The van der Waals surface area contributed by atoms with E-state index < -0.39 is 0 Å². The van der Waals surface area contributed by atoms with Gasteiger partial charge in [0.2, 0.25) is 5.91 Å². The number of amides is 1. The van der Waals surface area contributed by atoms with E-state index in [9.17, 15) is 4.79 Å². The molecule has 2 heterocycles. The number of H-pyrrole nitrogens is 1. The van der Waals surface area contributed by atoms with Crippen LogP contribution in [0.4, 0.5) is 5.69 Å². The molecule has 1 saturated heterocycles. The molecule has 1 aliphatic rings. The van der Waals surface area contributed by atoms with E-state index in [0.29, 0.717) is 12.3 Å². The zero-order valence-corrected chi connectivity index (χ0v) is 14.8. The molecular weight excluding hydrogens is 324 g/mol. The largest absolute Gasteiger partial charge is 0.338 e. The molecule has 3 aromatic rings. The zero-order chi connectivity index (χ0) is 17.8. The Bertz CT molecular complexity index is 863. The quantitative estimate of drug-likeness (QED) is 0.654. The number of fused-ring (bicyclic) bond motifs is 1. The first-order valence-corrected chi connectivity index (χ1v) is 9.34. The van der Waals surface area contributed by atoms with Gasteiger partial charge >= 0.3 is 0 Å². The second-order valence-electron chi connectivity index (χ2n) is 6.93. The van der Waals surface area contributed by atoms with Gasteiger partial charge in [0.15, 0.2) is 0 Å². The number of nitrogens with zero attached hydrogens (tertiary/aromatic N) is 1. The number of aromatic amines is 1. The Balaban J connectivity index is 1.47. The maximum atomic E-state index is 12.5. The van der Waals surface area contributed by atoms with Crippen LogP contribution >= 0.6 is 0 Å². The SMILES string of the molecule is O=C(CCC1CCNCC1)Nc1ccccc1-c1nc2ccccc2[nH]1. The van der Waals surface area contributed by atoms with E-state index in [1.54, 1.807) is 0 Å². The molecule has 0 saturated carbocycles. The normalized spacial score (nSPS) is 15.2. The second kappa shape index (κ2) is 7.70. The molecule has 1 fully saturated rings. The molecule has 5 nitrogen and oxygen atoms in total. The van der Waals surface area contributed by atoms with Gasteiger partial charge in [0.25, 0.3) is 0 Å². The number of nitrogens with one attached hydrogen (secondary N) is 3. The number of carbonyl (C=O) groups is 1. The van der Waals surface area contributed by atoms with Crippen LogP contribution < -0.4 is 10.6 Å². The van der Waals surface area contributed by atoms with Crippen LogP contribution in [0.1, 0.15) is 25.7 Å². The van der Waals surface area contributed by atoms with Crippen molar-refractivity contribution in [1.82, 2.24) is 15.3 Å². The first-order chi connectivity index (χ1) is 12.8. The third-order valence-electron chi connectivity index (χ3n) is 5.08. The van der Waals surface area contributed by atoms with Gasteiger partial charge in [0.1, 0.15) is 5.82 Å². The fraction of sp³-hybridized carbons (Fsp3) is 0.333. The van der Waals surface area contributed by atoms with Gasteiger partial charge in [-0.25, -0.2) is 4.98 Å². The summed E-state index contributed by atoms with van der Waals surface area (Å²) in [6, 6.07) is 15.8. The van der Waals surface area contributed by atoms with E-state index in [1.165, 1.54) is 12.8 Å². The summed E-state index contributed by atoms with van der Waals surface area (Å²) in [4.78, 5) is 20.4. The van der Waals surface area contributed by atoms with Gasteiger partial charge in [0, 0.05) is 12.0 Å². The lowest BCUT2D eigenvalue weighted by atomic mass is 9.93. The van der Waals surface area contributed by atoms with Crippen molar-refractivity contribution in [2.45, 2.75) is 25.7 Å². The summed E-state index contributed by atoms with van der Waals surface area (Å²) in [5.41, 5.74) is 3.64. The van der Waals surface area contributed by atoms with E-state index in [4.69, 9.17) is 0 Å². The minimum absolute atomic E-state index is 0.0760. The molecule has 134 valence electrons. The van der Waals surface area contributed by atoms with Crippen LogP contribution in [0.5, 0.6) is 0 Å². The average Bonchev–Trinajstić information content (AvgIpc) is 3.12. The molecule has 4 rings (SSSR count). The number of anilines is 1. The molecular formula is C21H24N4O. The molecule has 0 atom stereocenters. The first-order valence-electron chi connectivity index (χ1n) is 9.34. The second-order valence-corrected chi connectivity index (χ2v) is 6.93. The van der Waals surface area contributed by atoms with E-state index in [2.05, 4.69) is 20.6 Å². The molecule has 0 unspecified atom stereocenters. The van der Waals surface area contributed by atoms with Crippen LogP contribution in [-0.4, -0.2) is 29.0 Å². The summed E-state index contributed by atoms with van der Waals surface area (Å²) < 4.78 is 0. The van der Waals surface area contributed by atoms with Gasteiger partial charge in [0.05, 0.1) is 16.7 Å². The van der Waals surface area contributed by atoms with Crippen LogP contribution in [0.3, 0.4) is 0 Å². The highest BCUT2D eigenvalue weighted by Gasteiger charge is 2.16. The third-order valence-corrected chi connectivity index (χ3v) is 5.08. The maximum Gasteiger partial charge on any atom is 0.224 e. The van der Waals surface area contributed by atoms with Gasteiger partial charge < -0.3 is 15.6 Å². The first kappa shape index (κ1) is 16.8. The number of carbonyl (C=O) groups excluding carboxylic acids is 1. The molecule has 2 aromatic carbocycles. The highest BCUT2D eigenvalue weighted by molar-refractivity contribution is 5.95. The lowest BCUT2D eigenvalue weighted by molar-refractivity contribution is -0.116. The van der Waals surface area contributed by atoms with Crippen LogP contribution in [-0.2, 0) is 4.79 Å². The van der Waals surface area contributed by atoms with Crippen LogP contribution in [0.2, 0.25) is 0 Å². The number of benzene rings is 2. The van der Waals surface area contributed by atoms with Crippen molar-refractivity contribution in [3.63, 3.8) is 0 Å². The van der Waals surface area contributed by atoms with Crippen molar-refractivity contribution in [2.75, 3.05) is 18.4 Å². The fourth-order valence-corrected chi connectivity index (χ4v) is 3.60. The highest BCUT2D eigenvalue weighted by Crippen LogP contribution is 2.28. The van der Waals surface area contributed by atoms with Crippen molar-refractivity contribution in [2.24, 2.45) is 5.92 Å². The molecule has 5 heteroatoms. The minimum atomic E-state index is 0.0760. The fourth-order valence-electron chi connectivity index (χ4n) is 3.60. The predicted molar refractivity (Wildman–Crippen MR) is 105 cm³/mol. The Labute approximate surface area is 153 Å². The minimum Gasteiger partial charge on any atom is -0.338 e. The lowest BCUT2D eigenvalue weighted by Gasteiger charge is -2.22. The molecule has 0 aliphatic carbocycles. The van der Waals surface area contributed by atoms with Crippen LogP contribution in [0.25, 0.3) is 22.4 Å². The number of aromatic nitrogens is 2. The number of piperidine rings is 1. The summed E-state index contributed by atoms with van der Waals surface area (Å²) >= 11 is 0. The molecule has 1 amide bonds. The van der Waals surface area contributed by atoms with Gasteiger partial charge in [-0.3, -0.25) is 4.79 Å². The number of hydrogen-bond acceptors (Lipinski definition) is 3. The number of imidazole rings is 1. The van der Waals surface area contributed by atoms with Gasteiger partial charge in [-0.1, -0.05) is 24.3 Å².